The molecule has 15 heavy (non-hydrogen) atoms. The summed E-state index contributed by atoms with van der Waals surface area (Å²) in [5.41, 5.74) is 0.176. The zero-order valence-electron chi connectivity index (χ0n) is 9.06. The molecule has 0 saturated carbocycles. The number of anilines is 1. The van der Waals surface area contributed by atoms with Crippen LogP contribution in [0.1, 0.15) is 31.1 Å². The van der Waals surface area contributed by atoms with Gasteiger partial charge in [0, 0.05) is 0 Å². The van der Waals surface area contributed by atoms with E-state index >= 15 is 0 Å². The smallest absolute Gasteiger partial charge is 0.335 e. The molecule has 0 atom stereocenters. The quantitative estimate of drug-likeness (QED) is 0.734. The molecule has 0 bridgehead atoms. The van der Waals surface area contributed by atoms with Gasteiger partial charge in [-0.2, -0.15) is 0 Å². The van der Waals surface area contributed by atoms with E-state index in [9.17, 15) is 10.0 Å². The van der Waals surface area contributed by atoms with Crippen LogP contribution in [-0.4, -0.2) is 21.8 Å². The van der Waals surface area contributed by atoms with Crippen LogP contribution in [0.25, 0.3) is 0 Å². The standard InChI is InChI=1S/C11H15NO3/c1-11(2,3)12(15)9-6-4-5-8(7-9)10(13)14/h4-7,15H,1-3H3,(H,13,14). The first kappa shape index (κ1) is 11.5. The molecule has 4 heteroatoms. The first-order chi connectivity index (χ1) is 6.82. The fourth-order valence-corrected chi connectivity index (χ4v) is 1.16. The maximum Gasteiger partial charge on any atom is 0.335 e. The van der Waals surface area contributed by atoms with Crippen LogP contribution in [0.4, 0.5) is 5.69 Å². The van der Waals surface area contributed by atoms with Gasteiger partial charge < -0.3 is 5.11 Å². The third-order valence-corrected chi connectivity index (χ3v) is 1.97. The van der Waals surface area contributed by atoms with Crippen LogP contribution in [0.2, 0.25) is 0 Å². The molecule has 1 aromatic carbocycles. The average Bonchev–Trinajstić information content (AvgIpc) is 2.15. The molecule has 0 spiro atoms. The number of hydrogen-bond acceptors (Lipinski definition) is 3. The van der Waals surface area contributed by atoms with Crippen LogP contribution in [0.3, 0.4) is 0 Å². The van der Waals surface area contributed by atoms with E-state index in [1.54, 1.807) is 12.1 Å². The molecule has 0 aliphatic heterocycles. The normalized spacial score (nSPS) is 11.2. The van der Waals surface area contributed by atoms with E-state index < -0.39 is 11.5 Å². The van der Waals surface area contributed by atoms with Crippen molar-refractivity contribution < 1.29 is 15.1 Å². The van der Waals surface area contributed by atoms with E-state index in [4.69, 9.17) is 5.11 Å². The predicted octanol–water partition coefficient (Wildman–Crippen LogP) is 2.38. The fraction of sp³-hybridized carbons (Fsp3) is 0.364. The summed E-state index contributed by atoms with van der Waals surface area (Å²) >= 11 is 0. The van der Waals surface area contributed by atoms with Gasteiger partial charge in [0.05, 0.1) is 16.8 Å². The second kappa shape index (κ2) is 3.90. The maximum absolute atomic E-state index is 10.7. The van der Waals surface area contributed by atoms with Crippen LogP contribution >= 0.6 is 0 Å². The molecule has 82 valence electrons. The van der Waals surface area contributed by atoms with E-state index in [1.165, 1.54) is 12.1 Å². The molecule has 1 rings (SSSR count). The van der Waals surface area contributed by atoms with Crippen LogP contribution in [0, 0.1) is 0 Å². The lowest BCUT2D eigenvalue weighted by atomic mass is 10.1. The third kappa shape index (κ3) is 2.70. The number of carboxylic acids is 1. The summed E-state index contributed by atoms with van der Waals surface area (Å²) in [4.78, 5) is 10.7. The molecule has 0 amide bonds. The molecule has 0 aromatic heterocycles. The van der Waals surface area contributed by atoms with Crippen molar-refractivity contribution in [2.24, 2.45) is 0 Å². The Hall–Kier alpha value is -1.55. The Kier molecular flexibility index (Phi) is 3.00. The molecule has 0 aliphatic carbocycles. The minimum atomic E-state index is -1.00. The highest BCUT2D eigenvalue weighted by Crippen LogP contribution is 2.22. The third-order valence-electron chi connectivity index (χ3n) is 1.97. The van der Waals surface area contributed by atoms with Gasteiger partial charge in [0.2, 0.25) is 0 Å². The molecule has 1 aromatic rings. The second-order valence-electron chi connectivity index (χ2n) is 4.34. The Morgan fingerprint density at radius 3 is 2.40 bits per heavy atom. The van der Waals surface area contributed by atoms with Gasteiger partial charge in [-0.3, -0.25) is 10.3 Å². The minimum Gasteiger partial charge on any atom is -0.478 e. The molecule has 0 saturated heterocycles. The number of carboxylic acid groups (broad SMARTS) is 1. The summed E-state index contributed by atoms with van der Waals surface area (Å²) < 4.78 is 0. The van der Waals surface area contributed by atoms with Crippen molar-refractivity contribution >= 4 is 11.7 Å². The molecule has 4 nitrogen and oxygen atoms in total. The fourth-order valence-electron chi connectivity index (χ4n) is 1.16. The van der Waals surface area contributed by atoms with Gasteiger partial charge in [0.25, 0.3) is 0 Å². The number of aromatic carboxylic acids is 1. The van der Waals surface area contributed by atoms with E-state index in [2.05, 4.69) is 0 Å². The highest BCUT2D eigenvalue weighted by molar-refractivity contribution is 5.88. The summed E-state index contributed by atoms with van der Waals surface area (Å²) in [6.45, 7) is 5.50. The van der Waals surface area contributed by atoms with Gasteiger partial charge in [0.15, 0.2) is 0 Å². The second-order valence-corrected chi connectivity index (χ2v) is 4.34. The largest absolute Gasteiger partial charge is 0.478 e. The van der Waals surface area contributed by atoms with E-state index in [1.807, 2.05) is 20.8 Å². The van der Waals surface area contributed by atoms with Gasteiger partial charge in [-0.1, -0.05) is 6.07 Å². The van der Waals surface area contributed by atoms with E-state index in [0.29, 0.717) is 5.69 Å². The Morgan fingerprint density at radius 1 is 1.33 bits per heavy atom. The number of hydrogen-bond donors (Lipinski definition) is 2. The number of hydroxylamine groups is 1. The molecule has 0 aliphatic rings. The minimum absolute atomic E-state index is 0.163. The van der Waals surface area contributed by atoms with Gasteiger partial charge in [-0.25, -0.2) is 4.79 Å². The molecule has 0 radical (unpaired) electrons. The molecular formula is C11H15NO3. The Bertz CT molecular complexity index is 368. The average molecular weight is 209 g/mol. The summed E-state index contributed by atoms with van der Waals surface area (Å²) in [5, 5.41) is 19.7. The monoisotopic (exact) mass is 209 g/mol. The predicted molar refractivity (Wildman–Crippen MR) is 57.4 cm³/mol. The van der Waals surface area contributed by atoms with Crippen molar-refractivity contribution in [1.82, 2.24) is 0 Å². The van der Waals surface area contributed by atoms with Crippen molar-refractivity contribution in [3.63, 3.8) is 0 Å². The van der Waals surface area contributed by atoms with Crippen LogP contribution < -0.4 is 5.06 Å². The lowest BCUT2D eigenvalue weighted by Crippen LogP contribution is -2.38. The zero-order valence-corrected chi connectivity index (χ0v) is 9.06. The van der Waals surface area contributed by atoms with E-state index in [0.717, 1.165) is 5.06 Å². The van der Waals surface area contributed by atoms with Crippen molar-refractivity contribution in [3.8, 4) is 0 Å². The molecule has 2 N–H and O–H groups in total. The number of benzene rings is 1. The zero-order chi connectivity index (χ0) is 11.6. The number of nitrogens with zero attached hydrogens (tertiary/aromatic N) is 1. The maximum atomic E-state index is 10.7. The molecule has 0 unspecified atom stereocenters. The van der Waals surface area contributed by atoms with Crippen LogP contribution in [-0.2, 0) is 0 Å². The first-order valence-electron chi connectivity index (χ1n) is 4.65. The number of carbonyl (C=O) groups is 1. The Labute approximate surface area is 88.7 Å². The highest BCUT2D eigenvalue weighted by Gasteiger charge is 2.20. The summed E-state index contributed by atoms with van der Waals surface area (Å²) in [5.74, 6) is -1.00. The molecular weight excluding hydrogens is 194 g/mol. The van der Waals surface area contributed by atoms with Crippen molar-refractivity contribution in [2.75, 3.05) is 5.06 Å². The first-order valence-corrected chi connectivity index (χ1v) is 4.65. The van der Waals surface area contributed by atoms with Crippen molar-refractivity contribution in [1.29, 1.82) is 0 Å². The topological polar surface area (TPSA) is 60.8 Å². The van der Waals surface area contributed by atoms with Gasteiger partial charge in [-0.15, -0.1) is 0 Å². The lowest BCUT2D eigenvalue weighted by Gasteiger charge is -2.31. The van der Waals surface area contributed by atoms with Gasteiger partial charge in [0.1, 0.15) is 0 Å². The van der Waals surface area contributed by atoms with Crippen LogP contribution in [0.5, 0.6) is 0 Å². The Morgan fingerprint density at radius 2 is 1.93 bits per heavy atom. The lowest BCUT2D eigenvalue weighted by molar-refractivity contribution is 0.0696. The van der Waals surface area contributed by atoms with Crippen LogP contribution in [0.15, 0.2) is 24.3 Å². The SMILES string of the molecule is CC(C)(C)N(O)c1cccc(C(=O)O)c1. The molecule has 0 heterocycles. The van der Waals surface area contributed by atoms with Gasteiger partial charge in [-0.05, 0) is 39.0 Å². The van der Waals surface area contributed by atoms with E-state index in [-0.39, 0.29) is 5.56 Å². The highest BCUT2D eigenvalue weighted by atomic mass is 16.5. The number of rotatable bonds is 2. The summed E-state index contributed by atoms with van der Waals surface area (Å²) in [6.07, 6.45) is 0. The van der Waals surface area contributed by atoms with Gasteiger partial charge >= 0.3 is 5.97 Å². The molecule has 0 fully saturated rings. The summed E-state index contributed by atoms with van der Waals surface area (Å²) in [6, 6.07) is 6.20. The van der Waals surface area contributed by atoms with Crippen molar-refractivity contribution in [3.05, 3.63) is 29.8 Å². The summed E-state index contributed by atoms with van der Waals surface area (Å²) in [7, 11) is 0. The Balaban J connectivity index is 3.06. The van der Waals surface area contributed by atoms with Crippen molar-refractivity contribution in [2.45, 2.75) is 26.3 Å².